The largest absolute Gasteiger partial charge is 0.508 e. The summed E-state index contributed by atoms with van der Waals surface area (Å²) in [5, 5.41) is 9.33. The molecule has 0 aliphatic carbocycles. The quantitative estimate of drug-likeness (QED) is 0.895. The van der Waals surface area contributed by atoms with Crippen molar-refractivity contribution in [1.82, 2.24) is 4.31 Å². The molecule has 1 heterocycles. The molecule has 1 saturated heterocycles. The van der Waals surface area contributed by atoms with Crippen LogP contribution in [0.15, 0.2) is 24.3 Å². The lowest BCUT2D eigenvalue weighted by Crippen LogP contribution is -2.37. The Hall–Kier alpha value is -0.870. The van der Waals surface area contributed by atoms with Crippen LogP contribution in [-0.4, -0.2) is 24.9 Å². The fourth-order valence-corrected chi connectivity index (χ4v) is 3.78. The molecule has 18 heavy (non-hydrogen) atoms. The summed E-state index contributed by atoms with van der Waals surface area (Å²) in [5.41, 5.74) is 1.14. The molecule has 2 rings (SSSR count). The smallest absolute Gasteiger partial charge is 0.115 e. The van der Waals surface area contributed by atoms with Crippen LogP contribution in [0.5, 0.6) is 5.75 Å². The van der Waals surface area contributed by atoms with Crippen molar-refractivity contribution in [2.45, 2.75) is 44.4 Å². The Morgan fingerprint density at radius 2 is 1.89 bits per heavy atom. The molecule has 0 saturated carbocycles. The lowest BCUT2D eigenvalue weighted by atomic mass is 10.1. The number of nitrogens with zero attached hydrogens (tertiary/aromatic N) is 1. The topological polar surface area (TPSA) is 40.5 Å². The molecule has 100 valence electrons. The van der Waals surface area contributed by atoms with Crippen LogP contribution in [0.3, 0.4) is 0 Å². The molecule has 1 aromatic rings. The molecule has 0 spiro atoms. The van der Waals surface area contributed by atoms with Crippen LogP contribution in [0.25, 0.3) is 0 Å². The summed E-state index contributed by atoms with van der Waals surface area (Å²) in [7, 11) is -0.978. The molecule has 1 N–H and O–H groups in total. The second-order valence-electron chi connectivity index (χ2n) is 5.75. The Bertz CT molecular complexity index is 436. The van der Waals surface area contributed by atoms with Gasteiger partial charge in [0.2, 0.25) is 0 Å². The lowest BCUT2D eigenvalue weighted by molar-refractivity contribution is 0.415. The zero-order valence-electron chi connectivity index (χ0n) is 11.2. The van der Waals surface area contributed by atoms with Gasteiger partial charge in [-0.05, 0) is 51.3 Å². The molecule has 1 aliphatic heterocycles. The molecule has 1 fully saturated rings. The van der Waals surface area contributed by atoms with Crippen molar-refractivity contribution in [3.63, 3.8) is 0 Å². The average Bonchev–Trinajstić information content (AvgIpc) is 2.76. The van der Waals surface area contributed by atoms with Gasteiger partial charge in [-0.15, -0.1) is 0 Å². The minimum absolute atomic E-state index is 0.214. The maximum Gasteiger partial charge on any atom is 0.115 e. The molecule has 1 aromatic carbocycles. The van der Waals surface area contributed by atoms with E-state index in [-0.39, 0.29) is 16.5 Å². The Balaban J connectivity index is 2.22. The van der Waals surface area contributed by atoms with E-state index in [0.717, 1.165) is 24.9 Å². The standard InChI is InChI=1S/C14H21NO2S/c1-14(2,3)18(17)15-10-4-5-13(15)11-6-8-12(16)9-7-11/h6-9,13,16H,4-5,10H2,1-3H3. The third kappa shape index (κ3) is 2.75. The summed E-state index contributed by atoms with van der Waals surface area (Å²) < 4.78 is 14.4. The number of phenolic OH excluding ortho intramolecular Hbond substituents is 1. The van der Waals surface area contributed by atoms with E-state index in [1.165, 1.54) is 0 Å². The fraction of sp³-hybridized carbons (Fsp3) is 0.571. The Morgan fingerprint density at radius 3 is 2.44 bits per heavy atom. The molecular weight excluding hydrogens is 246 g/mol. The van der Waals surface area contributed by atoms with Crippen LogP contribution in [0.1, 0.15) is 45.2 Å². The molecule has 0 amide bonds. The molecular formula is C14H21NO2S. The molecule has 0 bridgehead atoms. The monoisotopic (exact) mass is 267 g/mol. The maximum absolute atomic E-state index is 12.5. The minimum Gasteiger partial charge on any atom is -0.508 e. The van der Waals surface area contributed by atoms with E-state index < -0.39 is 11.0 Å². The third-order valence-electron chi connectivity index (χ3n) is 3.22. The zero-order valence-corrected chi connectivity index (χ0v) is 12.0. The van der Waals surface area contributed by atoms with Gasteiger partial charge in [0.05, 0.1) is 4.75 Å². The van der Waals surface area contributed by atoms with Crippen molar-refractivity contribution in [2.75, 3.05) is 6.54 Å². The summed E-state index contributed by atoms with van der Waals surface area (Å²) in [6, 6.07) is 7.47. The first-order valence-electron chi connectivity index (χ1n) is 6.37. The third-order valence-corrected chi connectivity index (χ3v) is 5.13. The van der Waals surface area contributed by atoms with Crippen molar-refractivity contribution in [3.05, 3.63) is 29.8 Å². The van der Waals surface area contributed by atoms with Crippen molar-refractivity contribution in [1.29, 1.82) is 0 Å². The van der Waals surface area contributed by atoms with Crippen LogP contribution in [0, 0.1) is 0 Å². The van der Waals surface area contributed by atoms with E-state index in [1.807, 2.05) is 32.9 Å². The van der Waals surface area contributed by atoms with E-state index in [4.69, 9.17) is 0 Å². The van der Waals surface area contributed by atoms with Gasteiger partial charge in [-0.3, -0.25) is 0 Å². The average molecular weight is 267 g/mol. The van der Waals surface area contributed by atoms with Gasteiger partial charge in [0.15, 0.2) is 0 Å². The Morgan fingerprint density at radius 1 is 1.28 bits per heavy atom. The minimum atomic E-state index is -0.978. The van der Waals surface area contributed by atoms with Gasteiger partial charge < -0.3 is 5.11 Å². The summed E-state index contributed by atoms with van der Waals surface area (Å²) in [6.07, 6.45) is 2.11. The highest BCUT2D eigenvalue weighted by molar-refractivity contribution is 7.84. The first-order valence-corrected chi connectivity index (χ1v) is 7.48. The lowest BCUT2D eigenvalue weighted by Gasteiger charge is -2.30. The van der Waals surface area contributed by atoms with Crippen LogP contribution in [0.4, 0.5) is 0 Å². The van der Waals surface area contributed by atoms with Gasteiger partial charge in [0.25, 0.3) is 0 Å². The molecule has 0 aromatic heterocycles. The van der Waals surface area contributed by atoms with Crippen LogP contribution < -0.4 is 0 Å². The van der Waals surface area contributed by atoms with Gasteiger partial charge >= 0.3 is 0 Å². The van der Waals surface area contributed by atoms with Gasteiger partial charge in [-0.2, -0.15) is 0 Å². The molecule has 2 unspecified atom stereocenters. The molecule has 2 atom stereocenters. The number of rotatable bonds is 2. The van der Waals surface area contributed by atoms with Crippen LogP contribution in [-0.2, 0) is 11.0 Å². The van der Waals surface area contributed by atoms with Gasteiger partial charge in [-0.1, -0.05) is 12.1 Å². The van der Waals surface area contributed by atoms with Gasteiger partial charge in [-0.25, -0.2) is 8.51 Å². The van der Waals surface area contributed by atoms with E-state index in [1.54, 1.807) is 12.1 Å². The summed E-state index contributed by atoms with van der Waals surface area (Å²) in [4.78, 5) is 0. The summed E-state index contributed by atoms with van der Waals surface area (Å²) in [5.74, 6) is 0.278. The predicted molar refractivity (Wildman–Crippen MR) is 74.7 cm³/mol. The Labute approximate surface area is 111 Å². The fourth-order valence-electron chi connectivity index (χ4n) is 2.32. The van der Waals surface area contributed by atoms with Crippen molar-refractivity contribution < 1.29 is 9.32 Å². The molecule has 1 aliphatic rings. The van der Waals surface area contributed by atoms with E-state index in [2.05, 4.69) is 4.31 Å². The van der Waals surface area contributed by atoms with E-state index >= 15 is 0 Å². The van der Waals surface area contributed by atoms with Crippen molar-refractivity contribution in [2.24, 2.45) is 0 Å². The van der Waals surface area contributed by atoms with Crippen molar-refractivity contribution in [3.8, 4) is 5.75 Å². The van der Waals surface area contributed by atoms with E-state index in [0.29, 0.717) is 0 Å². The van der Waals surface area contributed by atoms with Gasteiger partial charge in [0, 0.05) is 12.6 Å². The highest BCUT2D eigenvalue weighted by Crippen LogP contribution is 2.36. The second-order valence-corrected chi connectivity index (χ2v) is 7.94. The number of phenols is 1. The van der Waals surface area contributed by atoms with Gasteiger partial charge in [0.1, 0.15) is 16.7 Å². The number of aromatic hydroxyl groups is 1. The van der Waals surface area contributed by atoms with Crippen molar-refractivity contribution >= 4 is 11.0 Å². The highest BCUT2D eigenvalue weighted by Gasteiger charge is 2.35. The number of hydrogen-bond donors (Lipinski definition) is 1. The summed E-state index contributed by atoms with van der Waals surface area (Å²) in [6.45, 7) is 6.91. The second kappa shape index (κ2) is 5.02. The molecule has 0 radical (unpaired) electrons. The molecule has 3 nitrogen and oxygen atoms in total. The maximum atomic E-state index is 12.5. The Kier molecular flexibility index (Phi) is 3.78. The predicted octanol–water partition coefficient (Wildman–Crippen LogP) is 2.99. The highest BCUT2D eigenvalue weighted by atomic mass is 32.2. The summed E-state index contributed by atoms with van der Waals surface area (Å²) >= 11 is 0. The first-order chi connectivity index (χ1) is 8.39. The normalized spacial score (nSPS) is 23.2. The van der Waals surface area contributed by atoms with Crippen LogP contribution >= 0.6 is 0 Å². The van der Waals surface area contributed by atoms with Crippen LogP contribution in [0.2, 0.25) is 0 Å². The van der Waals surface area contributed by atoms with E-state index in [9.17, 15) is 9.32 Å². The molecule has 4 heteroatoms. The zero-order chi connectivity index (χ0) is 13.3. The number of benzene rings is 1. The SMILES string of the molecule is CC(C)(C)S(=O)N1CCCC1c1ccc(O)cc1. The number of hydrogen-bond acceptors (Lipinski definition) is 2. The first kappa shape index (κ1) is 13.6.